The van der Waals surface area contributed by atoms with Crippen molar-refractivity contribution in [2.75, 3.05) is 28.7 Å². The van der Waals surface area contributed by atoms with Gasteiger partial charge in [-0.05, 0) is 51.0 Å². The first-order valence-electron chi connectivity index (χ1n) is 10.4. The maximum absolute atomic E-state index is 11.1. The van der Waals surface area contributed by atoms with Crippen molar-refractivity contribution < 1.29 is 4.92 Å². The molecule has 0 saturated heterocycles. The van der Waals surface area contributed by atoms with Crippen LogP contribution in [0.4, 0.5) is 29.2 Å². The number of nitrogens with zero attached hydrogens (tertiary/aromatic N) is 6. The number of nitro groups is 1. The van der Waals surface area contributed by atoms with Gasteiger partial charge in [0.1, 0.15) is 5.02 Å². The maximum Gasteiger partial charge on any atom is 0.288 e. The Kier molecular flexibility index (Phi) is 7.73. The largest absolute Gasteiger partial charge is 0.341 e. The van der Waals surface area contributed by atoms with Crippen molar-refractivity contribution in [1.82, 2.24) is 15.0 Å². The van der Waals surface area contributed by atoms with Gasteiger partial charge in [-0.2, -0.15) is 20.1 Å². The molecule has 1 heterocycles. The fraction of sp³-hybridized carbons (Fsp3) is 0.273. The van der Waals surface area contributed by atoms with Gasteiger partial charge in [0.15, 0.2) is 0 Å². The van der Waals surface area contributed by atoms with Crippen molar-refractivity contribution in [3.05, 3.63) is 68.2 Å². The lowest BCUT2D eigenvalue weighted by molar-refractivity contribution is -0.384. The van der Waals surface area contributed by atoms with E-state index < -0.39 is 4.92 Å². The Morgan fingerprint density at radius 2 is 1.82 bits per heavy atom. The SMILES string of the molecule is CCN(CC)c1nc(N/N=C/c2ccc(Cl)c([N+](=O)[O-])c2)nc(Nc2cc(C)ccc2C)n1. The van der Waals surface area contributed by atoms with Crippen molar-refractivity contribution in [2.45, 2.75) is 27.7 Å². The van der Waals surface area contributed by atoms with Gasteiger partial charge < -0.3 is 10.2 Å². The molecule has 3 aromatic rings. The summed E-state index contributed by atoms with van der Waals surface area (Å²) in [6.45, 7) is 9.50. The first kappa shape index (κ1) is 23.9. The van der Waals surface area contributed by atoms with Crippen LogP contribution in [0.15, 0.2) is 41.5 Å². The van der Waals surface area contributed by atoms with Gasteiger partial charge in [0.05, 0.1) is 11.1 Å². The van der Waals surface area contributed by atoms with Crippen LogP contribution in [-0.4, -0.2) is 39.2 Å². The van der Waals surface area contributed by atoms with E-state index in [0.717, 1.165) is 29.9 Å². The third-order valence-corrected chi connectivity index (χ3v) is 5.17. The second-order valence-corrected chi connectivity index (χ2v) is 7.64. The van der Waals surface area contributed by atoms with Crippen LogP contribution in [0.2, 0.25) is 5.02 Å². The average Bonchev–Trinajstić information content (AvgIpc) is 2.78. The summed E-state index contributed by atoms with van der Waals surface area (Å²) in [6.07, 6.45) is 1.43. The molecule has 3 rings (SSSR count). The lowest BCUT2D eigenvalue weighted by atomic mass is 10.1. The summed E-state index contributed by atoms with van der Waals surface area (Å²) in [7, 11) is 0. The molecule has 33 heavy (non-hydrogen) atoms. The summed E-state index contributed by atoms with van der Waals surface area (Å²) in [5, 5.41) is 18.5. The van der Waals surface area contributed by atoms with Crippen LogP contribution >= 0.6 is 11.6 Å². The summed E-state index contributed by atoms with van der Waals surface area (Å²) < 4.78 is 0. The van der Waals surface area contributed by atoms with Gasteiger partial charge in [-0.1, -0.05) is 29.8 Å². The van der Waals surface area contributed by atoms with E-state index in [0.29, 0.717) is 17.5 Å². The van der Waals surface area contributed by atoms with Crippen molar-refractivity contribution >= 4 is 47.0 Å². The molecule has 0 aliphatic rings. The van der Waals surface area contributed by atoms with E-state index >= 15 is 0 Å². The molecule has 11 heteroatoms. The predicted molar refractivity (Wildman–Crippen MR) is 132 cm³/mol. The molecule has 0 fully saturated rings. The second kappa shape index (κ2) is 10.7. The van der Waals surface area contributed by atoms with E-state index in [4.69, 9.17) is 11.6 Å². The lowest BCUT2D eigenvalue weighted by Crippen LogP contribution is -2.25. The van der Waals surface area contributed by atoms with Crippen LogP contribution in [0.5, 0.6) is 0 Å². The van der Waals surface area contributed by atoms with Gasteiger partial charge in [-0.15, -0.1) is 0 Å². The highest BCUT2D eigenvalue weighted by Crippen LogP contribution is 2.25. The number of hydrogen-bond donors (Lipinski definition) is 2. The van der Waals surface area contributed by atoms with Crippen LogP contribution in [0.3, 0.4) is 0 Å². The van der Waals surface area contributed by atoms with Crippen molar-refractivity contribution in [3.63, 3.8) is 0 Å². The summed E-state index contributed by atoms with van der Waals surface area (Å²) in [5.74, 6) is 1.11. The summed E-state index contributed by atoms with van der Waals surface area (Å²) in [5.41, 5.74) is 6.17. The van der Waals surface area contributed by atoms with Gasteiger partial charge in [-0.25, -0.2) is 5.43 Å². The fourth-order valence-electron chi connectivity index (χ4n) is 3.02. The first-order valence-corrected chi connectivity index (χ1v) is 10.8. The molecule has 2 aromatic carbocycles. The number of hydrazone groups is 1. The Morgan fingerprint density at radius 3 is 2.52 bits per heavy atom. The Hall–Kier alpha value is -3.79. The summed E-state index contributed by atoms with van der Waals surface area (Å²) >= 11 is 5.86. The number of aromatic nitrogens is 3. The zero-order valence-corrected chi connectivity index (χ0v) is 19.6. The molecule has 0 saturated carbocycles. The third kappa shape index (κ3) is 6.13. The Labute approximate surface area is 196 Å². The molecule has 2 N–H and O–H groups in total. The van der Waals surface area contributed by atoms with Crippen molar-refractivity contribution in [2.24, 2.45) is 5.10 Å². The van der Waals surface area contributed by atoms with Crippen LogP contribution in [0, 0.1) is 24.0 Å². The number of nitro benzene ring substituents is 1. The minimum absolute atomic E-state index is 0.0635. The Bertz CT molecular complexity index is 1180. The standard InChI is InChI=1S/C22H25ClN8O2/c1-5-30(6-2)22-27-20(25-18-11-14(3)7-8-15(18)4)26-21(28-22)29-24-13-16-9-10-17(23)19(12-16)31(32)33/h7-13H,5-6H2,1-4H3,(H2,25,26,27,28,29)/b24-13+. The molecular weight excluding hydrogens is 444 g/mol. The fourth-order valence-corrected chi connectivity index (χ4v) is 3.21. The molecular formula is C22H25ClN8O2. The predicted octanol–water partition coefficient (Wildman–Crippen LogP) is 5.09. The van der Waals surface area contributed by atoms with Crippen molar-refractivity contribution in [1.29, 1.82) is 0 Å². The second-order valence-electron chi connectivity index (χ2n) is 7.24. The zero-order chi connectivity index (χ0) is 24.0. The average molecular weight is 469 g/mol. The van der Waals surface area contributed by atoms with Crippen LogP contribution < -0.4 is 15.6 Å². The van der Waals surface area contributed by atoms with E-state index in [-0.39, 0.29) is 16.7 Å². The number of hydrogen-bond acceptors (Lipinski definition) is 9. The molecule has 0 atom stereocenters. The summed E-state index contributed by atoms with van der Waals surface area (Å²) in [6, 6.07) is 10.5. The van der Waals surface area contributed by atoms with Gasteiger partial charge in [0.25, 0.3) is 5.69 Å². The highest BCUT2D eigenvalue weighted by atomic mass is 35.5. The molecule has 0 aliphatic carbocycles. The minimum Gasteiger partial charge on any atom is -0.341 e. The highest BCUT2D eigenvalue weighted by Gasteiger charge is 2.13. The number of aryl methyl sites for hydroxylation is 2. The minimum atomic E-state index is -0.541. The normalized spacial score (nSPS) is 10.9. The van der Waals surface area contributed by atoms with E-state index in [2.05, 4.69) is 30.8 Å². The van der Waals surface area contributed by atoms with E-state index in [1.54, 1.807) is 6.07 Å². The molecule has 1 aromatic heterocycles. The molecule has 0 bridgehead atoms. The maximum atomic E-state index is 11.1. The molecule has 0 unspecified atom stereocenters. The lowest BCUT2D eigenvalue weighted by Gasteiger charge is -2.19. The number of nitrogens with one attached hydrogen (secondary N) is 2. The van der Waals surface area contributed by atoms with E-state index in [1.165, 1.54) is 18.3 Å². The number of rotatable bonds is 9. The number of anilines is 4. The third-order valence-electron chi connectivity index (χ3n) is 4.85. The number of benzene rings is 2. The van der Waals surface area contributed by atoms with Gasteiger partial charge in [-0.3, -0.25) is 10.1 Å². The Morgan fingerprint density at radius 1 is 1.09 bits per heavy atom. The summed E-state index contributed by atoms with van der Waals surface area (Å²) in [4.78, 5) is 26.0. The molecule has 0 spiro atoms. The quantitative estimate of drug-likeness (QED) is 0.253. The highest BCUT2D eigenvalue weighted by molar-refractivity contribution is 6.32. The first-order chi connectivity index (χ1) is 15.8. The van der Waals surface area contributed by atoms with Gasteiger partial charge in [0, 0.05) is 30.4 Å². The van der Waals surface area contributed by atoms with Crippen LogP contribution in [-0.2, 0) is 0 Å². The molecule has 0 aliphatic heterocycles. The van der Waals surface area contributed by atoms with Crippen molar-refractivity contribution in [3.8, 4) is 0 Å². The molecule has 10 nitrogen and oxygen atoms in total. The van der Waals surface area contributed by atoms with Gasteiger partial charge in [0.2, 0.25) is 17.8 Å². The van der Waals surface area contributed by atoms with Gasteiger partial charge >= 0.3 is 0 Å². The van der Waals surface area contributed by atoms with E-state index in [9.17, 15) is 10.1 Å². The zero-order valence-electron chi connectivity index (χ0n) is 18.8. The number of halogens is 1. The molecule has 0 radical (unpaired) electrons. The molecule has 0 amide bonds. The van der Waals surface area contributed by atoms with Crippen LogP contribution in [0.25, 0.3) is 0 Å². The Balaban J connectivity index is 1.89. The molecule has 172 valence electrons. The van der Waals surface area contributed by atoms with E-state index in [1.807, 2.05) is 50.8 Å². The monoisotopic (exact) mass is 468 g/mol. The topological polar surface area (TPSA) is 121 Å². The van der Waals surface area contributed by atoms with Crippen LogP contribution in [0.1, 0.15) is 30.5 Å². The smallest absolute Gasteiger partial charge is 0.288 e.